The Kier molecular flexibility index (Phi) is 7.53. The van der Waals surface area contributed by atoms with Crippen LogP contribution in [-0.2, 0) is 33.8 Å². The number of hydrogen-bond donors (Lipinski definition) is 0. The number of carbonyl (C=O) groups is 1. The molecular formula is C26H32N2O5. The summed E-state index contributed by atoms with van der Waals surface area (Å²) in [5.41, 5.74) is 5.42. The second-order valence-corrected chi connectivity index (χ2v) is 7.23. The first-order valence-corrected chi connectivity index (χ1v) is 11.5. The Morgan fingerprint density at radius 2 is 1.82 bits per heavy atom. The van der Waals surface area contributed by atoms with Gasteiger partial charge in [-0.1, -0.05) is 34.6 Å². The van der Waals surface area contributed by atoms with Crippen LogP contribution in [0.5, 0.6) is 5.75 Å². The van der Waals surface area contributed by atoms with E-state index in [0.717, 1.165) is 39.9 Å². The molecule has 0 aliphatic carbocycles. The summed E-state index contributed by atoms with van der Waals surface area (Å²) in [5, 5.41) is 1.03. The molecule has 0 saturated heterocycles. The fraction of sp³-hybridized carbons (Fsp3) is 0.423. The molecule has 33 heavy (non-hydrogen) atoms. The number of ether oxygens (including phenoxy) is 3. The molecule has 0 amide bonds. The van der Waals surface area contributed by atoms with Gasteiger partial charge >= 0.3 is 5.97 Å². The van der Waals surface area contributed by atoms with Crippen molar-refractivity contribution in [2.75, 3.05) is 14.2 Å². The molecule has 7 heteroatoms. The van der Waals surface area contributed by atoms with Crippen LogP contribution in [0.3, 0.4) is 0 Å². The van der Waals surface area contributed by atoms with Gasteiger partial charge < -0.3 is 18.8 Å². The van der Waals surface area contributed by atoms with Crippen molar-refractivity contribution in [3.05, 3.63) is 56.9 Å². The van der Waals surface area contributed by atoms with Crippen LogP contribution in [0.2, 0.25) is 0 Å². The first-order chi connectivity index (χ1) is 16.1. The van der Waals surface area contributed by atoms with Gasteiger partial charge in [-0.05, 0) is 36.2 Å². The SMILES string of the molecule is CC.CC.CCc1c2c(nc3ccc(OC)cc13)-c1cc3c(c(=O)n1C2)COC(=O)C3OC. The zero-order chi connectivity index (χ0) is 24.3. The molecule has 0 bridgehead atoms. The maximum Gasteiger partial charge on any atom is 0.340 e. The van der Waals surface area contributed by atoms with Gasteiger partial charge in [0.15, 0.2) is 6.10 Å². The van der Waals surface area contributed by atoms with Crippen molar-refractivity contribution >= 4 is 16.9 Å². The Labute approximate surface area is 194 Å². The molecule has 2 aromatic heterocycles. The molecule has 1 atom stereocenters. The summed E-state index contributed by atoms with van der Waals surface area (Å²) in [6, 6.07) is 7.67. The average Bonchev–Trinajstić information content (AvgIpc) is 3.23. The number of rotatable bonds is 3. The summed E-state index contributed by atoms with van der Waals surface area (Å²) < 4.78 is 17.6. The maximum atomic E-state index is 13.2. The normalized spacial score (nSPS) is 15.2. The van der Waals surface area contributed by atoms with Crippen molar-refractivity contribution < 1.29 is 19.0 Å². The third-order valence-corrected chi connectivity index (χ3v) is 5.85. The van der Waals surface area contributed by atoms with Gasteiger partial charge in [0.25, 0.3) is 5.56 Å². The van der Waals surface area contributed by atoms with Crippen LogP contribution in [0, 0.1) is 0 Å². The Hall–Kier alpha value is -3.19. The van der Waals surface area contributed by atoms with Crippen molar-refractivity contribution in [1.29, 1.82) is 0 Å². The summed E-state index contributed by atoms with van der Waals surface area (Å²) in [4.78, 5) is 30.2. The van der Waals surface area contributed by atoms with Gasteiger partial charge in [-0.2, -0.15) is 0 Å². The summed E-state index contributed by atoms with van der Waals surface area (Å²) >= 11 is 0. The Balaban J connectivity index is 0.000000728. The predicted octanol–water partition coefficient (Wildman–Crippen LogP) is 4.79. The number of pyridine rings is 2. The maximum absolute atomic E-state index is 13.2. The lowest BCUT2D eigenvalue weighted by Gasteiger charge is -2.24. The molecule has 1 aromatic carbocycles. The van der Waals surface area contributed by atoms with E-state index < -0.39 is 12.1 Å². The highest BCUT2D eigenvalue weighted by Crippen LogP contribution is 2.39. The lowest BCUT2D eigenvalue weighted by Crippen LogP contribution is -2.33. The van der Waals surface area contributed by atoms with E-state index in [1.54, 1.807) is 11.7 Å². The molecular weight excluding hydrogens is 420 g/mol. The molecule has 0 fully saturated rings. The fourth-order valence-electron chi connectivity index (χ4n) is 4.43. The molecule has 0 spiro atoms. The van der Waals surface area contributed by atoms with Crippen LogP contribution >= 0.6 is 0 Å². The van der Waals surface area contributed by atoms with E-state index >= 15 is 0 Å². The average molecular weight is 453 g/mol. The number of fused-ring (bicyclic) bond motifs is 5. The minimum absolute atomic E-state index is 0.0310. The lowest BCUT2D eigenvalue weighted by atomic mass is 9.97. The van der Waals surface area contributed by atoms with E-state index in [-0.39, 0.29) is 12.2 Å². The van der Waals surface area contributed by atoms with Crippen molar-refractivity contribution in [2.45, 2.75) is 60.3 Å². The number of cyclic esters (lactones) is 1. The second kappa shape index (κ2) is 10.2. The topological polar surface area (TPSA) is 79.6 Å². The highest BCUT2D eigenvalue weighted by Gasteiger charge is 2.35. The number of methoxy groups -OCH3 is 2. The molecule has 176 valence electrons. The molecule has 0 N–H and O–H groups in total. The Morgan fingerprint density at radius 3 is 2.45 bits per heavy atom. The van der Waals surface area contributed by atoms with Crippen LogP contribution in [0.15, 0.2) is 29.1 Å². The van der Waals surface area contributed by atoms with Gasteiger partial charge in [0.2, 0.25) is 0 Å². The Morgan fingerprint density at radius 1 is 1.09 bits per heavy atom. The van der Waals surface area contributed by atoms with Gasteiger partial charge in [-0.25, -0.2) is 9.78 Å². The smallest absolute Gasteiger partial charge is 0.340 e. The van der Waals surface area contributed by atoms with Gasteiger partial charge in [-0.3, -0.25) is 4.79 Å². The number of benzene rings is 1. The largest absolute Gasteiger partial charge is 0.497 e. The minimum atomic E-state index is -0.892. The Bertz CT molecular complexity index is 1250. The summed E-state index contributed by atoms with van der Waals surface area (Å²) in [5.74, 6) is 0.297. The van der Waals surface area contributed by atoms with Crippen LogP contribution in [0.25, 0.3) is 22.3 Å². The highest BCUT2D eigenvalue weighted by molar-refractivity contribution is 5.89. The monoisotopic (exact) mass is 452 g/mol. The summed E-state index contributed by atoms with van der Waals surface area (Å²) in [6.07, 6.45) is -0.0871. The van der Waals surface area contributed by atoms with Crippen LogP contribution in [-0.4, -0.2) is 29.7 Å². The summed E-state index contributed by atoms with van der Waals surface area (Å²) in [7, 11) is 3.08. The fourth-order valence-corrected chi connectivity index (χ4v) is 4.43. The minimum Gasteiger partial charge on any atom is -0.497 e. The molecule has 1 unspecified atom stereocenters. The number of hydrogen-bond acceptors (Lipinski definition) is 6. The van der Waals surface area contributed by atoms with E-state index in [1.807, 2.05) is 52.0 Å². The lowest BCUT2D eigenvalue weighted by molar-refractivity contribution is -0.159. The molecule has 7 nitrogen and oxygen atoms in total. The van der Waals surface area contributed by atoms with E-state index in [1.165, 1.54) is 7.11 Å². The number of aromatic nitrogens is 2. The van der Waals surface area contributed by atoms with Crippen molar-refractivity contribution in [3.8, 4) is 17.1 Å². The van der Waals surface area contributed by atoms with E-state index in [2.05, 4.69) is 6.92 Å². The second-order valence-electron chi connectivity index (χ2n) is 7.23. The van der Waals surface area contributed by atoms with Crippen molar-refractivity contribution in [2.24, 2.45) is 0 Å². The zero-order valence-corrected chi connectivity index (χ0v) is 20.4. The highest BCUT2D eigenvalue weighted by atomic mass is 16.6. The van der Waals surface area contributed by atoms with Crippen molar-refractivity contribution in [3.63, 3.8) is 0 Å². The predicted molar refractivity (Wildman–Crippen MR) is 129 cm³/mol. The molecule has 4 heterocycles. The van der Waals surface area contributed by atoms with E-state index in [9.17, 15) is 9.59 Å². The molecule has 0 radical (unpaired) electrons. The van der Waals surface area contributed by atoms with Crippen molar-refractivity contribution in [1.82, 2.24) is 9.55 Å². The van der Waals surface area contributed by atoms with Crippen LogP contribution in [0.1, 0.15) is 63.0 Å². The third-order valence-electron chi connectivity index (χ3n) is 5.85. The third kappa shape index (κ3) is 3.91. The van der Waals surface area contributed by atoms with Crippen LogP contribution < -0.4 is 10.3 Å². The molecule has 0 saturated carbocycles. The number of carbonyl (C=O) groups excluding carboxylic acids is 1. The first-order valence-electron chi connectivity index (χ1n) is 11.5. The summed E-state index contributed by atoms with van der Waals surface area (Å²) in [6.45, 7) is 10.5. The first kappa shape index (κ1) is 24.5. The quantitative estimate of drug-likeness (QED) is 0.416. The number of nitrogens with zero attached hydrogens (tertiary/aromatic N) is 2. The standard InChI is InChI=1S/C22H20N2O5.2C2H6/c1-4-12-13-7-11(27-2)5-6-17(13)23-19-15(12)9-24-18(19)8-14-16(21(24)25)10-29-22(26)20(14)28-3;2*1-2/h5-8,20H,4,9-10H2,1-3H3;2*1-2H3. The molecule has 2 aliphatic heterocycles. The van der Waals surface area contributed by atoms with E-state index in [0.29, 0.717) is 23.4 Å². The van der Waals surface area contributed by atoms with Gasteiger partial charge in [-0.15, -0.1) is 0 Å². The zero-order valence-electron chi connectivity index (χ0n) is 20.4. The molecule has 2 aliphatic rings. The van der Waals surface area contributed by atoms with Gasteiger partial charge in [0, 0.05) is 23.6 Å². The van der Waals surface area contributed by atoms with E-state index in [4.69, 9.17) is 19.2 Å². The molecule has 3 aromatic rings. The van der Waals surface area contributed by atoms with Crippen LogP contribution in [0.4, 0.5) is 0 Å². The molecule has 5 rings (SSSR count). The number of esters is 1. The van der Waals surface area contributed by atoms with Gasteiger partial charge in [0.05, 0.1) is 36.1 Å². The van der Waals surface area contributed by atoms with Gasteiger partial charge in [0.1, 0.15) is 12.4 Å². The number of aryl methyl sites for hydroxylation is 1.